The van der Waals surface area contributed by atoms with E-state index in [1.165, 1.54) is 11.1 Å². The van der Waals surface area contributed by atoms with Crippen molar-refractivity contribution in [3.63, 3.8) is 0 Å². The molecular formula is C26H30N2O4S2. The topological polar surface area (TPSA) is 75.7 Å². The summed E-state index contributed by atoms with van der Waals surface area (Å²) in [5.41, 5.74) is 2.94. The van der Waals surface area contributed by atoms with Crippen LogP contribution >= 0.6 is 11.8 Å². The van der Waals surface area contributed by atoms with Gasteiger partial charge in [-0.15, -0.1) is 0 Å². The third kappa shape index (κ3) is 8.43. The number of nitrogens with one attached hydrogen (secondary N) is 1. The minimum atomic E-state index is -3.63. The second-order valence-corrected chi connectivity index (χ2v) is 10.9. The van der Waals surface area contributed by atoms with E-state index in [2.05, 4.69) is 36.5 Å². The van der Waals surface area contributed by atoms with E-state index < -0.39 is 10.0 Å². The molecule has 1 N–H and O–H groups in total. The Hall–Kier alpha value is -2.97. The van der Waals surface area contributed by atoms with Crippen LogP contribution in [0.25, 0.3) is 0 Å². The second-order valence-electron chi connectivity index (χ2n) is 7.92. The highest BCUT2D eigenvalue weighted by atomic mass is 32.2. The zero-order valence-electron chi connectivity index (χ0n) is 19.4. The normalized spacial score (nSPS) is 11.1. The maximum Gasteiger partial charge on any atom is 0.240 e. The SMILES string of the molecule is Cc1ccc(CSCCCNC(=O)CN(c2ccc(Oc3ccccc3)cc2)S(C)(=O)=O)cc1. The number of carbonyl (C=O) groups excluding carboxylic acids is 1. The first-order chi connectivity index (χ1) is 16.3. The Kier molecular flexibility index (Phi) is 9.42. The lowest BCUT2D eigenvalue weighted by Gasteiger charge is -2.22. The molecule has 0 aliphatic rings. The van der Waals surface area contributed by atoms with Crippen molar-refractivity contribution in [3.05, 3.63) is 90.0 Å². The van der Waals surface area contributed by atoms with Crippen molar-refractivity contribution in [2.45, 2.75) is 19.1 Å². The van der Waals surface area contributed by atoms with Crippen molar-refractivity contribution in [2.24, 2.45) is 0 Å². The summed E-state index contributed by atoms with van der Waals surface area (Å²) in [7, 11) is -3.63. The Balaban J connectivity index is 1.46. The van der Waals surface area contributed by atoms with Gasteiger partial charge in [0.1, 0.15) is 18.0 Å². The standard InChI is InChI=1S/C26H30N2O4S2/c1-21-9-11-22(12-10-21)20-33-18-6-17-27-26(29)19-28(34(2,30)31)23-13-15-25(16-14-23)32-24-7-4-3-5-8-24/h3-5,7-16H,6,17-20H2,1-2H3,(H,27,29). The Morgan fingerprint density at radius 3 is 2.24 bits per heavy atom. The Labute approximate surface area is 206 Å². The summed E-state index contributed by atoms with van der Waals surface area (Å²) in [6, 6.07) is 24.4. The molecule has 3 aromatic rings. The fourth-order valence-electron chi connectivity index (χ4n) is 3.17. The van der Waals surface area contributed by atoms with Crippen LogP contribution in [0.5, 0.6) is 11.5 Å². The predicted octanol–water partition coefficient (Wildman–Crippen LogP) is 4.99. The number of hydrogen-bond donors (Lipinski definition) is 1. The molecule has 0 aliphatic heterocycles. The van der Waals surface area contributed by atoms with Crippen molar-refractivity contribution in [1.82, 2.24) is 5.32 Å². The summed E-state index contributed by atoms with van der Waals surface area (Å²) in [6.07, 6.45) is 1.91. The maximum atomic E-state index is 12.4. The van der Waals surface area contributed by atoms with Crippen LogP contribution in [0.4, 0.5) is 5.69 Å². The lowest BCUT2D eigenvalue weighted by Crippen LogP contribution is -2.40. The molecule has 6 nitrogen and oxygen atoms in total. The van der Waals surface area contributed by atoms with E-state index >= 15 is 0 Å². The first kappa shape index (κ1) is 25.6. The van der Waals surface area contributed by atoms with E-state index in [0.717, 1.165) is 28.5 Å². The first-order valence-corrected chi connectivity index (χ1v) is 14.0. The summed E-state index contributed by atoms with van der Waals surface area (Å²) in [5, 5.41) is 2.82. The highest BCUT2D eigenvalue weighted by Crippen LogP contribution is 2.25. The van der Waals surface area contributed by atoms with Gasteiger partial charge in [0.25, 0.3) is 0 Å². The molecule has 3 aromatic carbocycles. The molecule has 0 unspecified atom stereocenters. The van der Waals surface area contributed by atoms with Crippen molar-refractivity contribution in [1.29, 1.82) is 0 Å². The van der Waals surface area contributed by atoms with Crippen LogP contribution in [0.1, 0.15) is 17.5 Å². The van der Waals surface area contributed by atoms with E-state index in [-0.39, 0.29) is 12.5 Å². The highest BCUT2D eigenvalue weighted by molar-refractivity contribution is 7.98. The zero-order chi connectivity index (χ0) is 24.4. The highest BCUT2D eigenvalue weighted by Gasteiger charge is 2.20. The quantitative estimate of drug-likeness (QED) is 0.356. The number of benzene rings is 3. The molecule has 0 aliphatic carbocycles. The van der Waals surface area contributed by atoms with Crippen molar-refractivity contribution < 1.29 is 17.9 Å². The molecule has 0 saturated carbocycles. The minimum Gasteiger partial charge on any atom is -0.457 e. The molecule has 0 heterocycles. The Bertz CT molecular complexity index is 1150. The molecule has 0 spiro atoms. The number of aryl methyl sites for hydroxylation is 1. The molecule has 0 atom stereocenters. The third-order valence-electron chi connectivity index (χ3n) is 4.97. The number of ether oxygens (including phenoxy) is 1. The molecule has 0 aromatic heterocycles. The summed E-state index contributed by atoms with van der Waals surface area (Å²) >= 11 is 1.81. The van der Waals surface area contributed by atoms with Crippen LogP contribution in [-0.2, 0) is 20.6 Å². The van der Waals surface area contributed by atoms with Gasteiger partial charge in [-0.25, -0.2) is 8.42 Å². The summed E-state index contributed by atoms with van der Waals surface area (Å²) in [4.78, 5) is 12.4. The number of para-hydroxylation sites is 1. The van der Waals surface area contributed by atoms with Crippen molar-refractivity contribution in [3.8, 4) is 11.5 Å². The van der Waals surface area contributed by atoms with Crippen LogP contribution in [0, 0.1) is 6.92 Å². The molecule has 0 radical (unpaired) electrons. The molecule has 34 heavy (non-hydrogen) atoms. The van der Waals surface area contributed by atoms with Crippen LogP contribution in [0.3, 0.4) is 0 Å². The van der Waals surface area contributed by atoms with Gasteiger partial charge in [0, 0.05) is 12.3 Å². The lowest BCUT2D eigenvalue weighted by atomic mass is 10.2. The fraction of sp³-hybridized carbons (Fsp3) is 0.269. The van der Waals surface area contributed by atoms with Gasteiger partial charge in [0.2, 0.25) is 15.9 Å². The number of nitrogens with zero attached hydrogens (tertiary/aromatic N) is 1. The number of amides is 1. The first-order valence-electron chi connectivity index (χ1n) is 11.0. The monoisotopic (exact) mass is 498 g/mol. The molecular weight excluding hydrogens is 468 g/mol. The zero-order valence-corrected chi connectivity index (χ0v) is 21.1. The summed E-state index contributed by atoms with van der Waals surface area (Å²) in [5.74, 6) is 2.77. The van der Waals surface area contributed by atoms with Crippen molar-refractivity contribution >= 4 is 33.4 Å². The van der Waals surface area contributed by atoms with E-state index in [1.807, 2.05) is 42.1 Å². The average molecular weight is 499 g/mol. The number of thioether (sulfide) groups is 1. The number of rotatable bonds is 12. The van der Waals surface area contributed by atoms with Gasteiger partial charge in [-0.05, 0) is 61.1 Å². The molecule has 180 valence electrons. The van der Waals surface area contributed by atoms with Gasteiger partial charge < -0.3 is 10.1 Å². The molecule has 8 heteroatoms. The van der Waals surface area contributed by atoms with Crippen molar-refractivity contribution in [2.75, 3.05) is 29.4 Å². The van der Waals surface area contributed by atoms with Crippen LogP contribution < -0.4 is 14.4 Å². The third-order valence-corrected chi connectivity index (χ3v) is 7.22. The maximum absolute atomic E-state index is 12.4. The van der Waals surface area contributed by atoms with Crippen LogP contribution in [-0.4, -0.2) is 39.4 Å². The Morgan fingerprint density at radius 2 is 1.59 bits per heavy atom. The molecule has 0 bridgehead atoms. The van der Waals surface area contributed by atoms with Gasteiger partial charge in [0.15, 0.2) is 0 Å². The smallest absolute Gasteiger partial charge is 0.240 e. The number of sulfonamides is 1. The number of carbonyl (C=O) groups is 1. The van der Waals surface area contributed by atoms with Gasteiger partial charge >= 0.3 is 0 Å². The molecule has 3 rings (SSSR count). The van der Waals surface area contributed by atoms with Gasteiger partial charge in [-0.2, -0.15) is 11.8 Å². The predicted molar refractivity (Wildman–Crippen MR) is 140 cm³/mol. The van der Waals surface area contributed by atoms with E-state index in [1.54, 1.807) is 24.3 Å². The van der Waals surface area contributed by atoms with E-state index in [9.17, 15) is 13.2 Å². The second kappa shape index (κ2) is 12.5. The molecule has 0 fully saturated rings. The van der Waals surface area contributed by atoms with E-state index in [4.69, 9.17) is 4.74 Å². The average Bonchev–Trinajstić information content (AvgIpc) is 2.81. The Morgan fingerprint density at radius 1 is 0.941 bits per heavy atom. The summed E-state index contributed by atoms with van der Waals surface area (Å²) < 4.78 is 31.5. The molecule has 0 saturated heterocycles. The van der Waals surface area contributed by atoms with E-state index in [0.29, 0.717) is 23.7 Å². The number of anilines is 1. The minimum absolute atomic E-state index is 0.270. The largest absolute Gasteiger partial charge is 0.457 e. The van der Waals surface area contributed by atoms with Gasteiger partial charge in [0.05, 0.1) is 11.9 Å². The fourth-order valence-corrected chi connectivity index (χ4v) is 4.95. The lowest BCUT2D eigenvalue weighted by molar-refractivity contribution is -0.119. The number of hydrogen-bond acceptors (Lipinski definition) is 5. The van der Waals surface area contributed by atoms with Crippen LogP contribution in [0.15, 0.2) is 78.9 Å². The summed E-state index contributed by atoms with van der Waals surface area (Å²) in [6.45, 7) is 2.30. The molecule has 1 amide bonds. The van der Waals surface area contributed by atoms with Crippen LogP contribution in [0.2, 0.25) is 0 Å². The van der Waals surface area contributed by atoms with Gasteiger partial charge in [-0.1, -0.05) is 48.0 Å². The van der Waals surface area contributed by atoms with Gasteiger partial charge in [-0.3, -0.25) is 9.10 Å².